The number of esters is 3. The minimum Gasteiger partial charge on any atom is -0.459 e. The van der Waals surface area contributed by atoms with Gasteiger partial charge >= 0.3 is 17.9 Å². The van der Waals surface area contributed by atoms with E-state index in [1.807, 2.05) is 20.8 Å². The summed E-state index contributed by atoms with van der Waals surface area (Å²) >= 11 is 0. The highest BCUT2D eigenvalue weighted by Crippen LogP contribution is 2.38. The number of carbonyl (C=O) groups excluding carboxylic acids is 3. The van der Waals surface area contributed by atoms with Gasteiger partial charge in [0.05, 0.1) is 23.0 Å². The van der Waals surface area contributed by atoms with Gasteiger partial charge in [0.15, 0.2) is 24.1 Å². The monoisotopic (exact) mass is 651 g/mol. The van der Waals surface area contributed by atoms with Crippen molar-refractivity contribution >= 4 is 23.7 Å². The van der Waals surface area contributed by atoms with Gasteiger partial charge < -0.3 is 29.2 Å². The minimum absolute atomic E-state index is 0.0677. The first kappa shape index (κ1) is 32.1. The highest BCUT2D eigenvalue weighted by molar-refractivity contribution is 5.91. The van der Waals surface area contributed by atoms with Crippen molar-refractivity contribution in [1.29, 1.82) is 0 Å². The van der Waals surface area contributed by atoms with Crippen LogP contribution in [0.4, 0.5) is 5.82 Å². The lowest BCUT2D eigenvalue weighted by Crippen LogP contribution is -2.41. The van der Waals surface area contributed by atoms with E-state index < -0.39 is 42.4 Å². The topological polar surface area (TPSA) is 171 Å². The summed E-state index contributed by atoms with van der Waals surface area (Å²) in [5, 5.41) is 3.90. The molecule has 0 spiro atoms. The molecule has 0 radical (unpaired) electrons. The van der Waals surface area contributed by atoms with Crippen LogP contribution in [-0.2, 0) is 18.9 Å². The second-order valence-corrected chi connectivity index (χ2v) is 11.5. The Balaban J connectivity index is 1.36. The van der Waals surface area contributed by atoms with E-state index in [0.717, 1.165) is 16.7 Å². The summed E-state index contributed by atoms with van der Waals surface area (Å²) in [5.74, 6) is -1.50. The molecule has 0 aliphatic carbocycles. The number of aryl methyl sites for hydroxylation is 4. The summed E-state index contributed by atoms with van der Waals surface area (Å²) in [7, 11) is 0. The molecule has 0 amide bonds. The zero-order chi connectivity index (χ0) is 33.9. The van der Waals surface area contributed by atoms with E-state index in [2.05, 4.69) is 15.1 Å². The lowest BCUT2D eigenvalue weighted by atomic mass is 10.1. The predicted molar refractivity (Wildman–Crippen MR) is 171 cm³/mol. The molecule has 5 aromatic rings. The van der Waals surface area contributed by atoms with Crippen LogP contribution in [-0.4, -0.2) is 62.5 Å². The average Bonchev–Trinajstić information content (AvgIpc) is 3.77. The molecule has 0 bridgehead atoms. The van der Waals surface area contributed by atoms with E-state index in [1.54, 1.807) is 79.7 Å². The van der Waals surface area contributed by atoms with Gasteiger partial charge in [-0.3, -0.25) is 4.57 Å². The Hall–Kier alpha value is -5.82. The Bertz CT molecular complexity index is 1930. The number of ether oxygens (including phenoxy) is 4. The minimum atomic E-state index is -1.27. The van der Waals surface area contributed by atoms with Crippen molar-refractivity contribution in [2.24, 2.45) is 0 Å². The first-order chi connectivity index (χ1) is 23.1. The molecule has 13 nitrogen and oxygen atoms in total. The highest BCUT2D eigenvalue weighted by atomic mass is 16.7. The smallest absolute Gasteiger partial charge is 0.338 e. The molecule has 48 heavy (non-hydrogen) atoms. The molecule has 246 valence electrons. The molecular formula is C35H33N5O8. The normalized spacial score (nSPS) is 18.8. The second kappa shape index (κ2) is 13.5. The third-order valence-corrected chi connectivity index (χ3v) is 7.86. The lowest BCUT2D eigenvalue weighted by molar-refractivity contribution is -0.0612. The first-order valence-electron chi connectivity index (χ1n) is 15.1. The van der Waals surface area contributed by atoms with Crippen LogP contribution in [0.5, 0.6) is 0 Å². The van der Waals surface area contributed by atoms with E-state index >= 15 is 0 Å². The Morgan fingerprint density at radius 1 is 0.750 bits per heavy atom. The number of aromatic nitrogens is 4. The third kappa shape index (κ3) is 6.81. The quantitative estimate of drug-likeness (QED) is 0.168. The van der Waals surface area contributed by atoms with Gasteiger partial charge in [-0.25, -0.2) is 19.4 Å². The van der Waals surface area contributed by atoms with Gasteiger partial charge in [-0.15, -0.1) is 0 Å². The largest absolute Gasteiger partial charge is 0.459 e. The van der Waals surface area contributed by atoms with E-state index in [-0.39, 0.29) is 35.1 Å². The fourth-order valence-electron chi connectivity index (χ4n) is 5.17. The number of imidazole rings is 1. The van der Waals surface area contributed by atoms with Crippen LogP contribution in [0.15, 0.2) is 83.6 Å². The van der Waals surface area contributed by atoms with E-state index in [0.29, 0.717) is 11.5 Å². The molecule has 2 N–H and O–H groups in total. The summed E-state index contributed by atoms with van der Waals surface area (Å²) in [4.78, 5) is 48.6. The van der Waals surface area contributed by atoms with Crippen LogP contribution in [0, 0.1) is 27.7 Å². The standard InChI is InChI=1S/C35H33N5O8/c1-19-5-11-23(12-6-19)33(41)44-17-26-28(46-34(42)24-13-7-20(2)8-14-24)29(47-35(43)25-15-9-21(3)10-16-25)32(45-26)40-18-37-27(30(40)36)31-38-22(4)48-39-31/h5-16,18,26,28-29,32H,17,36H2,1-4H3/t26-,28-,29-,32-/m1/s1. The van der Waals surface area contributed by atoms with Crippen LogP contribution in [0.2, 0.25) is 0 Å². The maximum Gasteiger partial charge on any atom is 0.338 e. The van der Waals surface area contributed by atoms with Crippen molar-refractivity contribution < 1.29 is 37.9 Å². The number of hydrogen-bond acceptors (Lipinski definition) is 12. The van der Waals surface area contributed by atoms with Gasteiger partial charge in [0.25, 0.3) is 0 Å². The number of nitrogens with two attached hydrogens (primary N) is 1. The van der Waals surface area contributed by atoms with Gasteiger partial charge in [-0.05, 0) is 57.2 Å². The molecular weight excluding hydrogens is 618 g/mol. The summed E-state index contributed by atoms with van der Waals surface area (Å²) < 4.78 is 30.6. The van der Waals surface area contributed by atoms with Gasteiger partial charge in [-0.2, -0.15) is 4.98 Å². The Morgan fingerprint density at radius 3 is 1.75 bits per heavy atom. The molecule has 1 saturated heterocycles. The molecule has 1 fully saturated rings. The molecule has 1 aliphatic rings. The Labute approximate surface area is 275 Å². The summed E-state index contributed by atoms with van der Waals surface area (Å²) in [5.41, 5.74) is 10.4. The summed E-state index contributed by atoms with van der Waals surface area (Å²) in [6, 6.07) is 20.4. The average molecular weight is 652 g/mol. The zero-order valence-electron chi connectivity index (χ0n) is 26.7. The number of benzene rings is 3. The maximum absolute atomic E-state index is 13.5. The van der Waals surface area contributed by atoms with Crippen molar-refractivity contribution in [3.63, 3.8) is 0 Å². The molecule has 1 aliphatic heterocycles. The van der Waals surface area contributed by atoms with Crippen LogP contribution in [0.25, 0.3) is 11.5 Å². The van der Waals surface area contributed by atoms with Crippen molar-refractivity contribution in [2.75, 3.05) is 12.3 Å². The van der Waals surface area contributed by atoms with Crippen molar-refractivity contribution in [1.82, 2.24) is 19.7 Å². The van der Waals surface area contributed by atoms with Crippen LogP contribution in [0.3, 0.4) is 0 Å². The number of rotatable bonds is 9. The SMILES string of the molecule is Cc1ccc(C(=O)OC[C@H]2O[C@@H](n3cnc(-c4noc(C)n4)c3N)[C@H](OC(=O)c3ccc(C)cc3)[C@@H]2OC(=O)c2ccc(C)cc2)cc1. The van der Waals surface area contributed by atoms with E-state index in [9.17, 15) is 14.4 Å². The van der Waals surface area contributed by atoms with Crippen molar-refractivity contribution in [3.05, 3.63) is 118 Å². The van der Waals surface area contributed by atoms with E-state index in [4.69, 9.17) is 29.2 Å². The number of nitrogens with zero attached hydrogens (tertiary/aromatic N) is 4. The zero-order valence-corrected chi connectivity index (χ0v) is 26.7. The predicted octanol–water partition coefficient (Wildman–Crippen LogP) is 4.95. The Kier molecular flexibility index (Phi) is 9.04. The van der Waals surface area contributed by atoms with Crippen LogP contribution in [0.1, 0.15) is 59.9 Å². The number of carbonyl (C=O) groups is 3. The number of hydrogen-bond donors (Lipinski definition) is 1. The molecule has 3 aromatic carbocycles. The van der Waals surface area contributed by atoms with Gasteiger partial charge in [0.2, 0.25) is 11.7 Å². The molecule has 2 aromatic heterocycles. The molecule has 0 saturated carbocycles. The fraction of sp³-hybridized carbons (Fsp3) is 0.257. The number of nitrogen functional groups attached to an aromatic ring is 1. The van der Waals surface area contributed by atoms with E-state index in [1.165, 1.54) is 10.9 Å². The molecule has 4 atom stereocenters. The van der Waals surface area contributed by atoms with Crippen molar-refractivity contribution in [2.45, 2.75) is 52.2 Å². The maximum atomic E-state index is 13.5. The van der Waals surface area contributed by atoms with Crippen molar-refractivity contribution in [3.8, 4) is 11.5 Å². The second-order valence-electron chi connectivity index (χ2n) is 11.5. The lowest BCUT2D eigenvalue weighted by Gasteiger charge is -2.25. The summed E-state index contributed by atoms with van der Waals surface area (Å²) in [6.45, 7) is 6.96. The summed E-state index contributed by atoms with van der Waals surface area (Å²) in [6.07, 6.45) is -3.41. The number of anilines is 1. The van der Waals surface area contributed by atoms with Crippen LogP contribution < -0.4 is 5.73 Å². The first-order valence-corrected chi connectivity index (χ1v) is 15.1. The van der Waals surface area contributed by atoms with Crippen LogP contribution >= 0.6 is 0 Å². The molecule has 13 heteroatoms. The van der Waals surface area contributed by atoms with Gasteiger partial charge in [0, 0.05) is 6.92 Å². The highest BCUT2D eigenvalue weighted by Gasteiger charge is 2.52. The fourth-order valence-corrected chi connectivity index (χ4v) is 5.17. The van der Waals surface area contributed by atoms with Gasteiger partial charge in [-0.1, -0.05) is 58.2 Å². The molecule has 0 unspecified atom stereocenters. The molecule has 3 heterocycles. The third-order valence-electron chi connectivity index (χ3n) is 7.86. The Morgan fingerprint density at radius 2 is 1.25 bits per heavy atom. The van der Waals surface area contributed by atoms with Gasteiger partial charge in [0.1, 0.15) is 18.5 Å². The molecule has 6 rings (SSSR count).